The van der Waals surface area contributed by atoms with Crippen molar-refractivity contribution in [1.82, 2.24) is 19.8 Å². The topological polar surface area (TPSA) is 61.5 Å². The highest BCUT2D eigenvalue weighted by Gasteiger charge is 2.18. The molecule has 0 N–H and O–H groups in total. The lowest BCUT2D eigenvalue weighted by molar-refractivity contribution is -0.0215. The molecule has 0 unspecified atom stereocenters. The van der Waals surface area contributed by atoms with Crippen LogP contribution in [0, 0.1) is 6.92 Å². The Kier molecular flexibility index (Phi) is 3.99. The van der Waals surface area contributed by atoms with Gasteiger partial charge in [-0.25, -0.2) is 0 Å². The van der Waals surface area contributed by atoms with E-state index in [1.54, 1.807) is 4.52 Å². The van der Waals surface area contributed by atoms with Gasteiger partial charge in [0.25, 0.3) is 0 Å². The summed E-state index contributed by atoms with van der Waals surface area (Å²) in [7, 11) is 0. The first-order valence-electron chi connectivity index (χ1n) is 7.45. The monoisotopic (exact) mass is 328 g/mol. The molecule has 23 heavy (non-hydrogen) atoms. The van der Waals surface area contributed by atoms with Gasteiger partial charge in [0.2, 0.25) is 5.16 Å². The molecule has 4 rings (SSSR count). The quantitative estimate of drug-likeness (QED) is 0.686. The lowest BCUT2D eigenvalue weighted by atomic mass is 10.1. The van der Waals surface area contributed by atoms with Gasteiger partial charge >= 0.3 is 0 Å². The van der Waals surface area contributed by atoms with E-state index < -0.39 is 0 Å². The van der Waals surface area contributed by atoms with Crippen LogP contribution < -0.4 is 0 Å². The Morgan fingerprint density at radius 3 is 2.65 bits per heavy atom. The molecule has 2 aromatic heterocycles. The summed E-state index contributed by atoms with van der Waals surface area (Å²) in [6.45, 7) is 3.38. The largest absolute Gasteiger partial charge is 0.349 e. The molecule has 7 heteroatoms. The number of thioether (sulfide) groups is 1. The van der Waals surface area contributed by atoms with Gasteiger partial charge in [0, 0.05) is 5.56 Å². The van der Waals surface area contributed by atoms with E-state index in [1.165, 1.54) is 17.3 Å². The van der Waals surface area contributed by atoms with Crippen LogP contribution in [0.5, 0.6) is 0 Å². The standard InChI is InChI=1S/C16H16N4O2S/c1-11-2-4-12(5-3-11)13-6-7-14-17-18-16(20(14)19-13)23-10-15-21-8-9-22-15/h2-7,15H,8-10H2,1H3. The maximum atomic E-state index is 5.45. The molecule has 0 atom stereocenters. The Hall–Kier alpha value is -1.96. The maximum absolute atomic E-state index is 5.45. The molecule has 0 bridgehead atoms. The van der Waals surface area contributed by atoms with Gasteiger partial charge in [-0.05, 0) is 19.1 Å². The minimum absolute atomic E-state index is 0.173. The molecule has 1 aliphatic rings. The fraction of sp³-hybridized carbons (Fsp3) is 0.312. The fourth-order valence-corrected chi connectivity index (χ4v) is 3.22. The van der Waals surface area contributed by atoms with Gasteiger partial charge in [-0.1, -0.05) is 41.6 Å². The van der Waals surface area contributed by atoms with Gasteiger partial charge < -0.3 is 9.47 Å². The highest BCUT2D eigenvalue weighted by Crippen LogP contribution is 2.22. The summed E-state index contributed by atoms with van der Waals surface area (Å²) in [4.78, 5) is 0. The van der Waals surface area contributed by atoms with Crippen molar-refractivity contribution in [2.24, 2.45) is 0 Å². The number of ether oxygens (including phenoxy) is 2. The van der Waals surface area contributed by atoms with Crippen molar-refractivity contribution in [1.29, 1.82) is 0 Å². The molecule has 3 aromatic rings. The predicted molar refractivity (Wildman–Crippen MR) is 87.4 cm³/mol. The van der Waals surface area contributed by atoms with Crippen LogP contribution in [-0.2, 0) is 9.47 Å². The van der Waals surface area contributed by atoms with E-state index in [4.69, 9.17) is 9.47 Å². The zero-order chi connectivity index (χ0) is 15.6. The van der Waals surface area contributed by atoms with Gasteiger partial charge in [-0.3, -0.25) is 0 Å². The summed E-state index contributed by atoms with van der Waals surface area (Å²) in [6.07, 6.45) is -0.173. The molecular formula is C16H16N4O2S. The molecule has 1 aromatic carbocycles. The number of nitrogens with zero attached hydrogens (tertiary/aromatic N) is 4. The number of hydrogen-bond donors (Lipinski definition) is 0. The molecule has 6 nitrogen and oxygen atoms in total. The molecule has 1 fully saturated rings. The SMILES string of the molecule is Cc1ccc(-c2ccc3nnc(SCC4OCCO4)n3n2)cc1. The molecule has 118 valence electrons. The molecule has 0 aliphatic carbocycles. The third-order valence-electron chi connectivity index (χ3n) is 3.62. The second-order valence-corrected chi connectivity index (χ2v) is 6.31. The van der Waals surface area contributed by atoms with Crippen LogP contribution in [0.15, 0.2) is 41.6 Å². The Morgan fingerprint density at radius 2 is 1.87 bits per heavy atom. The predicted octanol–water partition coefficient (Wildman–Crippen LogP) is 2.56. The summed E-state index contributed by atoms with van der Waals surface area (Å²) in [5, 5.41) is 13.8. The van der Waals surface area contributed by atoms with Crippen LogP contribution in [0.1, 0.15) is 5.56 Å². The van der Waals surface area contributed by atoms with Crippen LogP contribution >= 0.6 is 11.8 Å². The summed E-state index contributed by atoms with van der Waals surface area (Å²) in [6, 6.07) is 12.2. The first kappa shape index (κ1) is 14.6. The van der Waals surface area contributed by atoms with E-state index in [-0.39, 0.29) is 6.29 Å². The van der Waals surface area contributed by atoms with Gasteiger partial charge in [0.1, 0.15) is 0 Å². The van der Waals surface area contributed by atoms with Gasteiger partial charge in [0.05, 0.1) is 24.7 Å². The molecule has 0 amide bonds. The summed E-state index contributed by atoms with van der Waals surface area (Å²) < 4.78 is 12.7. The van der Waals surface area contributed by atoms with Gasteiger partial charge in [0.15, 0.2) is 11.9 Å². The summed E-state index contributed by atoms with van der Waals surface area (Å²) in [5.41, 5.74) is 3.93. The molecular weight excluding hydrogens is 312 g/mol. The van der Waals surface area contributed by atoms with Crippen LogP contribution in [0.3, 0.4) is 0 Å². The first-order chi connectivity index (χ1) is 11.3. The second-order valence-electron chi connectivity index (χ2n) is 5.32. The highest BCUT2D eigenvalue weighted by atomic mass is 32.2. The van der Waals surface area contributed by atoms with Gasteiger partial charge in [-0.15, -0.1) is 10.2 Å². The van der Waals surface area contributed by atoms with Crippen LogP contribution in [0.25, 0.3) is 16.9 Å². The highest BCUT2D eigenvalue weighted by molar-refractivity contribution is 7.99. The number of benzene rings is 1. The van der Waals surface area contributed by atoms with E-state index in [2.05, 4.69) is 46.5 Å². The molecule has 1 aliphatic heterocycles. The maximum Gasteiger partial charge on any atom is 0.212 e. The molecule has 0 radical (unpaired) electrons. The number of rotatable bonds is 4. The Morgan fingerprint density at radius 1 is 1.09 bits per heavy atom. The average Bonchev–Trinajstić information content (AvgIpc) is 3.22. The minimum Gasteiger partial charge on any atom is -0.349 e. The first-order valence-corrected chi connectivity index (χ1v) is 8.44. The zero-order valence-electron chi connectivity index (χ0n) is 12.7. The van der Waals surface area contributed by atoms with E-state index in [1.807, 2.05) is 12.1 Å². The molecule has 3 heterocycles. The average molecular weight is 328 g/mol. The van der Waals surface area contributed by atoms with E-state index in [0.717, 1.165) is 22.1 Å². The van der Waals surface area contributed by atoms with Crippen molar-refractivity contribution in [2.75, 3.05) is 19.0 Å². The lowest BCUT2D eigenvalue weighted by Gasteiger charge is -2.07. The Bertz CT molecular complexity index is 813. The smallest absolute Gasteiger partial charge is 0.212 e. The minimum atomic E-state index is -0.173. The fourth-order valence-electron chi connectivity index (χ4n) is 2.38. The van der Waals surface area contributed by atoms with E-state index in [0.29, 0.717) is 19.0 Å². The second kappa shape index (κ2) is 6.27. The number of fused-ring (bicyclic) bond motifs is 1. The Labute approximate surface area is 137 Å². The van der Waals surface area contributed by atoms with Crippen molar-refractivity contribution < 1.29 is 9.47 Å². The van der Waals surface area contributed by atoms with Crippen molar-refractivity contribution in [3.8, 4) is 11.3 Å². The Balaban J connectivity index is 1.61. The van der Waals surface area contributed by atoms with Crippen LogP contribution in [-0.4, -0.2) is 45.1 Å². The molecule has 0 saturated carbocycles. The zero-order valence-corrected chi connectivity index (χ0v) is 13.5. The normalized spacial score (nSPS) is 15.5. The van der Waals surface area contributed by atoms with Gasteiger partial charge in [-0.2, -0.15) is 9.61 Å². The van der Waals surface area contributed by atoms with Crippen LogP contribution in [0.2, 0.25) is 0 Å². The van der Waals surface area contributed by atoms with Crippen LogP contribution in [0.4, 0.5) is 0 Å². The lowest BCUT2D eigenvalue weighted by Crippen LogP contribution is -2.11. The van der Waals surface area contributed by atoms with Crippen molar-refractivity contribution in [3.63, 3.8) is 0 Å². The van der Waals surface area contributed by atoms with Crippen molar-refractivity contribution >= 4 is 17.4 Å². The summed E-state index contributed by atoms with van der Waals surface area (Å²) >= 11 is 1.54. The van der Waals surface area contributed by atoms with E-state index >= 15 is 0 Å². The van der Waals surface area contributed by atoms with Crippen molar-refractivity contribution in [3.05, 3.63) is 42.0 Å². The third kappa shape index (κ3) is 3.08. The summed E-state index contributed by atoms with van der Waals surface area (Å²) in [5.74, 6) is 0.678. The number of aryl methyl sites for hydroxylation is 1. The number of aromatic nitrogens is 4. The molecule has 1 saturated heterocycles. The molecule has 0 spiro atoms. The third-order valence-corrected chi connectivity index (χ3v) is 4.57. The van der Waals surface area contributed by atoms with E-state index in [9.17, 15) is 0 Å². The number of hydrogen-bond acceptors (Lipinski definition) is 6. The van der Waals surface area contributed by atoms with Crippen molar-refractivity contribution in [2.45, 2.75) is 18.4 Å².